The van der Waals surface area contributed by atoms with Gasteiger partial charge in [0, 0.05) is 38.4 Å². The van der Waals surface area contributed by atoms with Gasteiger partial charge in [0.2, 0.25) is 5.43 Å². The summed E-state index contributed by atoms with van der Waals surface area (Å²) in [5, 5.41) is 5.33. The lowest BCUT2D eigenvalue weighted by Crippen LogP contribution is -2.55. The van der Waals surface area contributed by atoms with Crippen molar-refractivity contribution in [1.82, 2.24) is 9.47 Å². The summed E-state index contributed by atoms with van der Waals surface area (Å²) >= 11 is 0. The Hall–Kier alpha value is -2.87. The van der Waals surface area contributed by atoms with Crippen LogP contribution in [0.1, 0.15) is 31.1 Å². The number of rotatable bonds is 6. The molecule has 0 saturated carbocycles. The van der Waals surface area contributed by atoms with Crippen LogP contribution >= 0.6 is 15.2 Å². The largest absolute Gasteiger partial charge is 0.477 e. The Balaban J connectivity index is 1.97. The zero-order chi connectivity index (χ0) is 29.0. The van der Waals surface area contributed by atoms with Gasteiger partial charge in [-0.1, -0.05) is 0 Å². The Labute approximate surface area is 213 Å². The highest BCUT2D eigenvalue weighted by atomic mass is 31.2. The normalized spacial score (nSPS) is 17.1. The monoisotopic (exact) mass is 583 g/mol. The molecule has 1 aliphatic rings. The molecule has 1 unspecified atom stereocenters. The fourth-order valence-electron chi connectivity index (χ4n) is 4.11. The third-order valence-electron chi connectivity index (χ3n) is 6.34. The van der Waals surface area contributed by atoms with E-state index in [2.05, 4.69) is 4.74 Å². The molecule has 38 heavy (non-hydrogen) atoms. The molecular formula is C20H25F2N3O11P2. The molecule has 18 heteroatoms. The summed E-state index contributed by atoms with van der Waals surface area (Å²) in [6.45, 7) is 2.59. The summed E-state index contributed by atoms with van der Waals surface area (Å²) in [6, 6.07) is -0.197. The van der Waals surface area contributed by atoms with Gasteiger partial charge >= 0.3 is 32.3 Å². The molecule has 1 aliphatic heterocycles. The maximum Gasteiger partial charge on any atom is 0.411 e. The van der Waals surface area contributed by atoms with Crippen molar-refractivity contribution >= 4 is 43.8 Å². The number of hydrogen-bond acceptors (Lipinski definition) is 7. The average Bonchev–Trinajstić information content (AvgIpc) is 2.77. The van der Waals surface area contributed by atoms with E-state index in [9.17, 15) is 48.2 Å². The van der Waals surface area contributed by atoms with Crippen molar-refractivity contribution < 1.29 is 56.9 Å². The number of benzene rings is 1. The van der Waals surface area contributed by atoms with E-state index in [-0.39, 0.29) is 31.7 Å². The molecule has 1 aromatic heterocycles. The Morgan fingerprint density at radius 1 is 1.16 bits per heavy atom. The molecular weight excluding hydrogens is 558 g/mol. The van der Waals surface area contributed by atoms with E-state index in [0.717, 1.165) is 21.7 Å². The van der Waals surface area contributed by atoms with Crippen molar-refractivity contribution in [2.45, 2.75) is 38.4 Å². The van der Waals surface area contributed by atoms with Crippen LogP contribution in [0.5, 0.6) is 0 Å². The van der Waals surface area contributed by atoms with E-state index < -0.39 is 72.1 Å². The number of anilines is 1. The maximum atomic E-state index is 15.7. The number of carbonyl (C=O) groups excluding carboxylic acids is 1. The number of ether oxygens (including phenoxy) is 1. The number of amides is 1. The number of piperazine rings is 1. The highest BCUT2D eigenvalue weighted by Gasteiger charge is 2.61. The highest BCUT2D eigenvalue weighted by molar-refractivity contribution is 7.72. The molecule has 1 aromatic carbocycles. The third kappa shape index (κ3) is 4.95. The molecule has 0 aliphatic carbocycles. The average molecular weight is 583 g/mol. The second-order valence-electron chi connectivity index (χ2n) is 8.76. The van der Waals surface area contributed by atoms with Crippen molar-refractivity contribution in [3.63, 3.8) is 0 Å². The zero-order valence-corrected chi connectivity index (χ0v) is 22.0. The molecule has 1 amide bonds. The summed E-state index contributed by atoms with van der Waals surface area (Å²) in [5.74, 6) is -3.87. The van der Waals surface area contributed by atoms with Gasteiger partial charge in [0.05, 0.1) is 10.9 Å². The number of nitrogens with zero attached hydrogens (tertiary/aromatic N) is 3. The summed E-state index contributed by atoms with van der Waals surface area (Å²) < 4.78 is 60.0. The Kier molecular flexibility index (Phi) is 7.83. The van der Waals surface area contributed by atoms with Crippen LogP contribution in [0, 0.1) is 11.6 Å². The molecule has 1 atom stereocenters. The lowest BCUT2D eigenvalue weighted by molar-refractivity contribution is 0.0464. The number of carboxylic acid groups (broad SMARTS) is 1. The second-order valence-corrected chi connectivity index (χ2v) is 13.0. The topological polar surface area (TPSA) is 207 Å². The fourth-order valence-corrected chi connectivity index (χ4v) is 5.86. The fraction of sp³-hybridized carbons (Fsp3) is 0.450. The van der Waals surface area contributed by atoms with Crippen LogP contribution in [0.4, 0.5) is 19.3 Å². The minimum Gasteiger partial charge on any atom is -0.477 e. The minimum absolute atomic E-state index is 0.0486. The van der Waals surface area contributed by atoms with Gasteiger partial charge in [0.1, 0.15) is 17.1 Å². The molecule has 210 valence electrons. The number of aromatic carboxylic acids is 1. The van der Waals surface area contributed by atoms with Gasteiger partial charge in [-0.25, -0.2) is 18.4 Å². The van der Waals surface area contributed by atoms with Gasteiger partial charge < -0.3 is 43.8 Å². The summed E-state index contributed by atoms with van der Waals surface area (Å²) in [5.41, 5.74) is -2.62. The molecule has 1 fully saturated rings. The summed E-state index contributed by atoms with van der Waals surface area (Å²) in [4.78, 5) is 76.3. The van der Waals surface area contributed by atoms with E-state index >= 15 is 8.78 Å². The van der Waals surface area contributed by atoms with E-state index in [1.54, 1.807) is 6.92 Å². The number of pyridine rings is 1. The quantitative estimate of drug-likeness (QED) is 0.308. The number of halogens is 2. The third-order valence-corrected chi connectivity index (χ3v) is 10.2. The first-order valence-corrected chi connectivity index (χ1v) is 14.2. The van der Waals surface area contributed by atoms with E-state index in [1.165, 1.54) is 11.8 Å². The van der Waals surface area contributed by atoms with Crippen molar-refractivity contribution in [3.8, 4) is 0 Å². The number of carboxylic acids is 1. The predicted octanol–water partition coefficient (Wildman–Crippen LogP) is 1.67. The Morgan fingerprint density at radius 3 is 2.21 bits per heavy atom. The van der Waals surface area contributed by atoms with Crippen LogP contribution in [0.3, 0.4) is 0 Å². The van der Waals surface area contributed by atoms with Gasteiger partial charge in [-0.15, -0.1) is 0 Å². The van der Waals surface area contributed by atoms with Gasteiger partial charge in [0.25, 0.3) is 0 Å². The lowest BCUT2D eigenvalue weighted by atomic mass is 10.1. The zero-order valence-electron chi connectivity index (χ0n) is 20.2. The van der Waals surface area contributed by atoms with E-state index in [1.807, 2.05) is 0 Å². The maximum absolute atomic E-state index is 15.7. The standard InChI is InChI=1S/C20H25F2N3O11P2/c1-4-23-9-12(18(27)28)17(26)11-7-13(21)16(14(22)15(11)23)24-5-6-25(10(2)8-24)19(29)36-20(3,37(30,31)32)38(33,34)35/h7,9-10H,4-6,8H2,1-3H3,(H,27,28)(H2,30,31,32)(H2,33,34,35). The number of carbonyl (C=O) groups is 2. The van der Waals surface area contributed by atoms with Crippen LogP contribution in [0.25, 0.3) is 10.9 Å². The molecule has 0 bridgehead atoms. The first kappa shape index (κ1) is 29.7. The SMILES string of the molecule is CCn1cc(C(=O)O)c(=O)c2cc(F)c(N3CCN(C(=O)OC(C)(P(=O)(O)O)P(=O)(O)O)C(C)C3)c(F)c21. The van der Waals surface area contributed by atoms with Gasteiger partial charge in [-0.2, -0.15) is 0 Å². The van der Waals surface area contributed by atoms with Crippen LogP contribution in [-0.4, -0.2) is 77.0 Å². The lowest BCUT2D eigenvalue weighted by Gasteiger charge is -2.42. The van der Waals surface area contributed by atoms with Crippen molar-refractivity contribution in [3.05, 3.63) is 39.7 Å². The first-order valence-electron chi connectivity index (χ1n) is 11.0. The molecule has 1 saturated heterocycles. The van der Waals surface area contributed by atoms with E-state index in [0.29, 0.717) is 6.92 Å². The molecule has 14 nitrogen and oxygen atoms in total. The number of fused-ring (bicyclic) bond motifs is 1. The number of aryl methyl sites for hydroxylation is 1. The number of hydrogen-bond donors (Lipinski definition) is 5. The molecule has 0 spiro atoms. The van der Waals surface area contributed by atoms with Crippen molar-refractivity contribution in [2.75, 3.05) is 24.5 Å². The smallest absolute Gasteiger partial charge is 0.411 e. The molecule has 2 heterocycles. The molecule has 2 aromatic rings. The minimum atomic E-state index is -5.66. The van der Waals surface area contributed by atoms with Gasteiger partial charge in [-0.05, 0) is 26.8 Å². The van der Waals surface area contributed by atoms with Crippen LogP contribution in [-0.2, 0) is 20.4 Å². The highest BCUT2D eigenvalue weighted by Crippen LogP contribution is 2.69. The van der Waals surface area contributed by atoms with Crippen LogP contribution in [0.2, 0.25) is 0 Å². The molecule has 0 radical (unpaired) electrons. The van der Waals surface area contributed by atoms with Gasteiger partial charge in [0.15, 0.2) is 5.82 Å². The summed E-state index contributed by atoms with van der Waals surface area (Å²) in [7, 11) is -11.3. The first-order chi connectivity index (χ1) is 17.4. The molecule has 5 N–H and O–H groups in total. The molecule has 3 rings (SSSR count). The van der Waals surface area contributed by atoms with Gasteiger partial charge in [-0.3, -0.25) is 13.9 Å². The summed E-state index contributed by atoms with van der Waals surface area (Å²) in [6.07, 6.45) is -0.514. The Bertz CT molecular complexity index is 1450. The van der Waals surface area contributed by atoms with E-state index in [4.69, 9.17) is 0 Å². The van der Waals surface area contributed by atoms with Crippen molar-refractivity contribution in [2.24, 2.45) is 0 Å². The van der Waals surface area contributed by atoms with Crippen LogP contribution in [0.15, 0.2) is 17.1 Å². The second kappa shape index (κ2) is 10.0. The predicted molar refractivity (Wildman–Crippen MR) is 128 cm³/mol. The number of aromatic nitrogens is 1. The van der Waals surface area contributed by atoms with Crippen LogP contribution < -0.4 is 10.3 Å². The Morgan fingerprint density at radius 2 is 1.74 bits per heavy atom. The van der Waals surface area contributed by atoms with Crippen molar-refractivity contribution in [1.29, 1.82) is 0 Å².